The van der Waals surface area contributed by atoms with Crippen LogP contribution in [0, 0.1) is 0 Å². The molecule has 4 rings (SSSR count). The molecule has 1 aromatic heterocycles. The number of aromatic nitrogens is 2. The molecule has 0 amide bonds. The van der Waals surface area contributed by atoms with Crippen LogP contribution in [-0.2, 0) is 11.3 Å². The Kier molecular flexibility index (Phi) is 7.41. The highest BCUT2D eigenvalue weighted by Gasteiger charge is 2.23. The molecular weight excluding hydrogens is 465 g/mol. The van der Waals surface area contributed by atoms with Gasteiger partial charge in [-0.15, -0.1) is 24.0 Å². The lowest BCUT2D eigenvalue weighted by Crippen LogP contribution is -2.35. The van der Waals surface area contributed by atoms with Gasteiger partial charge in [-0.25, -0.2) is 4.98 Å². The van der Waals surface area contributed by atoms with Gasteiger partial charge >= 0.3 is 6.55 Å². The molecule has 1 atom stereocenters. The first-order valence-corrected chi connectivity index (χ1v) is 9.51. The molecule has 27 heavy (non-hydrogen) atoms. The quantitative estimate of drug-likeness (QED) is 0.596. The average Bonchev–Trinajstić information content (AvgIpc) is 3.19. The molecule has 0 radical (unpaired) electrons. The Morgan fingerprint density at radius 1 is 1.07 bits per heavy atom. The van der Waals surface area contributed by atoms with Crippen LogP contribution >= 0.6 is 24.0 Å². The van der Waals surface area contributed by atoms with Gasteiger partial charge in [0.05, 0.1) is 23.7 Å². The summed E-state index contributed by atoms with van der Waals surface area (Å²) >= 11 is 0. The van der Waals surface area contributed by atoms with Crippen LogP contribution in [0.1, 0.15) is 31.6 Å². The summed E-state index contributed by atoms with van der Waals surface area (Å²) in [6.45, 7) is 3.55. The lowest BCUT2D eigenvalue weighted by molar-refractivity contribution is 0.0674. The van der Waals surface area contributed by atoms with Crippen molar-refractivity contribution >= 4 is 35.0 Å². The minimum absolute atomic E-state index is 0. The summed E-state index contributed by atoms with van der Waals surface area (Å²) in [5.74, 6) is 0.453. The van der Waals surface area contributed by atoms with Crippen LogP contribution in [0.15, 0.2) is 24.3 Å². The van der Waals surface area contributed by atoms with E-state index in [0.717, 1.165) is 63.2 Å². The number of alkyl halides is 2. The fourth-order valence-corrected chi connectivity index (χ4v) is 4.07. The van der Waals surface area contributed by atoms with Gasteiger partial charge in [0.25, 0.3) is 0 Å². The summed E-state index contributed by atoms with van der Waals surface area (Å²) in [6.07, 6.45) is 3.72. The molecule has 0 aliphatic carbocycles. The Balaban J connectivity index is 0.00000210. The molecule has 0 saturated carbocycles. The summed E-state index contributed by atoms with van der Waals surface area (Å²) in [6, 6.07) is 7.12. The SMILES string of the molecule is FC(F)n1c(CN2CCCN(CC3CCCO3)CC2)nc2ccccc21.I. The molecule has 150 valence electrons. The number of hydrogen-bond donors (Lipinski definition) is 0. The zero-order valence-corrected chi connectivity index (χ0v) is 17.7. The van der Waals surface area contributed by atoms with E-state index in [0.29, 0.717) is 29.5 Å². The lowest BCUT2D eigenvalue weighted by Gasteiger charge is -2.24. The van der Waals surface area contributed by atoms with E-state index in [9.17, 15) is 8.78 Å². The summed E-state index contributed by atoms with van der Waals surface area (Å²) in [4.78, 5) is 9.16. The molecule has 5 nitrogen and oxygen atoms in total. The number of ether oxygens (including phenoxy) is 1. The number of imidazole rings is 1. The van der Waals surface area contributed by atoms with Gasteiger partial charge in [0.2, 0.25) is 0 Å². The number of para-hydroxylation sites is 2. The molecule has 2 saturated heterocycles. The van der Waals surface area contributed by atoms with E-state index in [2.05, 4.69) is 14.8 Å². The third-order valence-electron chi connectivity index (χ3n) is 5.40. The van der Waals surface area contributed by atoms with Crippen molar-refractivity contribution in [3.05, 3.63) is 30.1 Å². The van der Waals surface area contributed by atoms with E-state index >= 15 is 0 Å². The molecule has 3 heterocycles. The van der Waals surface area contributed by atoms with Gasteiger partial charge in [-0.2, -0.15) is 8.78 Å². The molecule has 1 aromatic carbocycles. The topological polar surface area (TPSA) is 33.5 Å². The largest absolute Gasteiger partial charge is 0.377 e. The summed E-state index contributed by atoms with van der Waals surface area (Å²) in [5.41, 5.74) is 1.14. The van der Waals surface area contributed by atoms with Crippen LogP contribution in [-0.4, -0.2) is 64.8 Å². The standard InChI is InChI=1S/C19H26F2N4O.HI/c20-19(21)25-17-7-2-1-6-16(17)22-18(25)14-24-9-4-8-23(10-11-24)13-15-5-3-12-26-15;/h1-2,6-7,15,19H,3-5,8-14H2;1H. The van der Waals surface area contributed by atoms with Crippen molar-refractivity contribution < 1.29 is 13.5 Å². The molecule has 0 N–H and O–H groups in total. The van der Waals surface area contributed by atoms with Gasteiger partial charge in [0, 0.05) is 26.2 Å². The van der Waals surface area contributed by atoms with Crippen molar-refractivity contribution in [2.24, 2.45) is 0 Å². The van der Waals surface area contributed by atoms with Crippen molar-refractivity contribution in [2.45, 2.75) is 38.5 Å². The number of nitrogens with zero attached hydrogens (tertiary/aromatic N) is 4. The van der Waals surface area contributed by atoms with Crippen LogP contribution in [0.3, 0.4) is 0 Å². The van der Waals surface area contributed by atoms with Crippen molar-refractivity contribution in [2.75, 3.05) is 39.3 Å². The Morgan fingerprint density at radius 2 is 1.85 bits per heavy atom. The summed E-state index contributed by atoms with van der Waals surface area (Å²) in [5, 5.41) is 0. The molecule has 2 aromatic rings. The minimum atomic E-state index is -2.57. The maximum atomic E-state index is 13.6. The fourth-order valence-electron chi connectivity index (χ4n) is 4.07. The molecule has 2 aliphatic rings. The van der Waals surface area contributed by atoms with Gasteiger partial charge in [-0.3, -0.25) is 14.4 Å². The highest BCUT2D eigenvalue weighted by molar-refractivity contribution is 14.0. The number of halogens is 3. The molecular formula is C19H27F2IN4O. The Morgan fingerprint density at radius 3 is 2.63 bits per heavy atom. The third-order valence-corrected chi connectivity index (χ3v) is 5.40. The van der Waals surface area contributed by atoms with Gasteiger partial charge in [0.1, 0.15) is 5.82 Å². The van der Waals surface area contributed by atoms with Crippen LogP contribution in [0.2, 0.25) is 0 Å². The van der Waals surface area contributed by atoms with E-state index in [-0.39, 0.29) is 24.0 Å². The zero-order valence-electron chi connectivity index (χ0n) is 15.4. The second-order valence-electron chi connectivity index (χ2n) is 7.23. The summed E-state index contributed by atoms with van der Waals surface area (Å²) in [7, 11) is 0. The molecule has 8 heteroatoms. The van der Waals surface area contributed by atoms with E-state index in [1.54, 1.807) is 18.2 Å². The van der Waals surface area contributed by atoms with Crippen LogP contribution in [0.5, 0.6) is 0 Å². The van der Waals surface area contributed by atoms with Crippen molar-refractivity contribution in [3.63, 3.8) is 0 Å². The molecule has 1 unspecified atom stereocenters. The second-order valence-corrected chi connectivity index (χ2v) is 7.23. The smallest absolute Gasteiger partial charge is 0.320 e. The van der Waals surface area contributed by atoms with Crippen LogP contribution in [0.25, 0.3) is 11.0 Å². The van der Waals surface area contributed by atoms with Crippen molar-refractivity contribution in [3.8, 4) is 0 Å². The Hall–Kier alpha value is -0.840. The van der Waals surface area contributed by atoms with E-state index in [1.807, 2.05) is 6.07 Å². The number of fused-ring (bicyclic) bond motifs is 1. The first-order valence-electron chi connectivity index (χ1n) is 9.51. The Bertz CT molecular complexity index is 736. The van der Waals surface area contributed by atoms with Crippen LogP contribution in [0.4, 0.5) is 8.78 Å². The maximum absolute atomic E-state index is 13.6. The van der Waals surface area contributed by atoms with Crippen molar-refractivity contribution in [1.82, 2.24) is 19.4 Å². The molecule has 0 spiro atoms. The predicted octanol–water partition coefficient (Wildman–Crippen LogP) is 3.74. The normalized spacial score (nSPS) is 22.3. The van der Waals surface area contributed by atoms with Gasteiger partial charge in [-0.1, -0.05) is 12.1 Å². The monoisotopic (exact) mass is 492 g/mol. The summed E-state index contributed by atoms with van der Waals surface area (Å²) < 4.78 is 34.0. The van der Waals surface area contributed by atoms with E-state index in [4.69, 9.17) is 4.74 Å². The number of rotatable bonds is 5. The highest BCUT2D eigenvalue weighted by atomic mass is 127. The predicted molar refractivity (Wildman–Crippen MR) is 112 cm³/mol. The molecule has 2 fully saturated rings. The molecule has 0 bridgehead atoms. The van der Waals surface area contributed by atoms with Gasteiger partial charge < -0.3 is 4.74 Å². The van der Waals surface area contributed by atoms with Crippen molar-refractivity contribution in [1.29, 1.82) is 0 Å². The number of hydrogen-bond acceptors (Lipinski definition) is 4. The van der Waals surface area contributed by atoms with E-state index in [1.165, 1.54) is 0 Å². The highest BCUT2D eigenvalue weighted by Crippen LogP contribution is 2.24. The fraction of sp³-hybridized carbons (Fsp3) is 0.632. The molecule has 2 aliphatic heterocycles. The van der Waals surface area contributed by atoms with Gasteiger partial charge in [-0.05, 0) is 44.5 Å². The lowest BCUT2D eigenvalue weighted by atomic mass is 10.2. The van der Waals surface area contributed by atoms with E-state index < -0.39 is 6.55 Å². The zero-order chi connectivity index (χ0) is 17.9. The van der Waals surface area contributed by atoms with Crippen LogP contribution < -0.4 is 0 Å². The number of benzene rings is 1. The second kappa shape index (κ2) is 9.58. The first kappa shape index (κ1) is 20.9. The minimum Gasteiger partial charge on any atom is -0.377 e. The third kappa shape index (κ3) is 4.96. The maximum Gasteiger partial charge on any atom is 0.320 e. The van der Waals surface area contributed by atoms with Gasteiger partial charge in [0.15, 0.2) is 0 Å². The Labute approximate surface area is 175 Å². The first-order chi connectivity index (χ1) is 12.7. The average molecular weight is 492 g/mol.